The standard InChI is InChI=1S/C25H27N5O/c1-3-20-15-28-25(17-26-20)30-24-13-23(27-14-18-7-5-4-6-8-18)22(16-29-24)19-9-11-21(31-2)12-10-19/h1,9-13,15-18H,4-8,14H2,2H3,(H2,27,28,29,30). The molecule has 0 spiro atoms. The zero-order valence-electron chi connectivity index (χ0n) is 17.8. The molecule has 0 unspecified atom stereocenters. The van der Waals surface area contributed by atoms with Gasteiger partial charge in [-0.25, -0.2) is 15.0 Å². The minimum atomic E-state index is 0.503. The average molecular weight is 414 g/mol. The molecule has 158 valence electrons. The van der Waals surface area contributed by atoms with E-state index >= 15 is 0 Å². The predicted octanol–water partition coefficient (Wildman–Crippen LogP) is 5.26. The third kappa shape index (κ3) is 5.32. The second kappa shape index (κ2) is 9.94. The van der Waals surface area contributed by atoms with Crippen molar-refractivity contribution in [2.75, 3.05) is 24.3 Å². The Labute approximate surface area is 183 Å². The maximum Gasteiger partial charge on any atom is 0.150 e. The molecular formula is C25H27N5O. The highest BCUT2D eigenvalue weighted by atomic mass is 16.5. The number of hydrogen-bond acceptors (Lipinski definition) is 6. The molecule has 6 nitrogen and oxygen atoms in total. The molecule has 1 saturated carbocycles. The Morgan fingerprint density at radius 2 is 1.77 bits per heavy atom. The summed E-state index contributed by atoms with van der Waals surface area (Å²) in [6, 6.07) is 10.1. The van der Waals surface area contributed by atoms with E-state index in [1.807, 2.05) is 24.4 Å². The molecule has 0 aliphatic heterocycles. The molecule has 1 aromatic carbocycles. The third-order valence-electron chi connectivity index (χ3n) is 5.67. The van der Waals surface area contributed by atoms with Crippen molar-refractivity contribution in [3.8, 4) is 29.2 Å². The first kappa shape index (κ1) is 20.7. The van der Waals surface area contributed by atoms with Crippen LogP contribution in [0.2, 0.25) is 0 Å². The third-order valence-corrected chi connectivity index (χ3v) is 5.67. The molecule has 1 aliphatic carbocycles. The second-order valence-corrected chi connectivity index (χ2v) is 7.78. The molecule has 2 N–H and O–H groups in total. The zero-order chi connectivity index (χ0) is 21.5. The zero-order valence-corrected chi connectivity index (χ0v) is 17.8. The van der Waals surface area contributed by atoms with Crippen LogP contribution in [0.4, 0.5) is 17.3 Å². The van der Waals surface area contributed by atoms with Crippen LogP contribution in [0, 0.1) is 18.3 Å². The van der Waals surface area contributed by atoms with Crippen LogP contribution in [-0.2, 0) is 0 Å². The largest absolute Gasteiger partial charge is 0.497 e. The minimum Gasteiger partial charge on any atom is -0.497 e. The molecule has 0 amide bonds. The number of terminal acetylenes is 1. The van der Waals surface area contributed by atoms with Crippen LogP contribution < -0.4 is 15.4 Å². The highest BCUT2D eigenvalue weighted by Crippen LogP contribution is 2.32. The van der Waals surface area contributed by atoms with Gasteiger partial charge in [0.15, 0.2) is 0 Å². The Hall–Kier alpha value is -3.59. The van der Waals surface area contributed by atoms with E-state index in [9.17, 15) is 0 Å². The first-order valence-electron chi connectivity index (χ1n) is 10.7. The number of hydrogen-bond donors (Lipinski definition) is 2. The lowest BCUT2D eigenvalue weighted by molar-refractivity contribution is 0.373. The number of benzene rings is 1. The number of rotatable bonds is 7. The van der Waals surface area contributed by atoms with Gasteiger partial charge in [0.2, 0.25) is 0 Å². The monoisotopic (exact) mass is 413 g/mol. The maximum absolute atomic E-state index is 5.36. The summed E-state index contributed by atoms with van der Waals surface area (Å²) in [5.41, 5.74) is 3.69. The number of aromatic nitrogens is 3. The van der Waals surface area contributed by atoms with Gasteiger partial charge < -0.3 is 15.4 Å². The van der Waals surface area contributed by atoms with Crippen LogP contribution in [0.1, 0.15) is 37.8 Å². The first-order valence-corrected chi connectivity index (χ1v) is 10.7. The van der Waals surface area contributed by atoms with Gasteiger partial charge in [0.05, 0.1) is 19.5 Å². The summed E-state index contributed by atoms with van der Waals surface area (Å²) < 4.78 is 5.30. The Morgan fingerprint density at radius 3 is 2.45 bits per heavy atom. The molecule has 0 bridgehead atoms. The average Bonchev–Trinajstić information content (AvgIpc) is 2.84. The molecule has 1 fully saturated rings. The summed E-state index contributed by atoms with van der Waals surface area (Å²) in [5, 5.41) is 6.90. The van der Waals surface area contributed by atoms with Gasteiger partial charge in [-0.05, 0) is 42.4 Å². The summed E-state index contributed by atoms with van der Waals surface area (Å²) in [6.45, 7) is 0.962. The quantitative estimate of drug-likeness (QED) is 0.515. The van der Waals surface area contributed by atoms with Gasteiger partial charge in [-0.3, -0.25) is 0 Å². The topological polar surface area (TPSA) is 72.0 Å². The highest BCUT2D eigenvalue weighted by molar-refractivity contribution is 5.79. The second-order valence-electron chi connectivity index (χ2n) is 7.78. The van der Waals surface area contributed by atoms with Crippen LogP contribution >= 0.6 is 0 Å². The predicted molar refractivity (Wildman–Crippen MR) is 125 cm³/mol. The van der Waals surface area contributed by atoms with Gasteiger partial charge in [0, 0.05) is 30.1 Å². The lowest BCUT2D eigenvalue weighted by Gasteiger charge is -2.23. The number of nitrogens with one attached hydrogen (secondary N) is 2. The number of ether oxygens (including phenoxy) is 1. The molecule has 2 aromatic heterocycles. The molecule has 31 heavy (non-hydrogen) atoms. The Kier molecular flexibility index (Phi) is 6.63. The molecule has 1 aliphatic rings. The Morgan fingerprint density at radius 1 is 1.00 bits per heavy atom. The van der Waals surface area contributed by atoms with Crippen molar-refractivity contribution in [1.29, 1.82) is 0 Å². The van der Waals surface area contributed by atoms with Crippen LogP contribution in [0.15, 0.2) is 48.9 Å². The van der Waals surface area contributed by atoms with Crippen molar-refractivity contribution >= 4 is 17.3 Å². The Bertz CT molecular complexity index is 1040. The number of pyridine rings is 1. The smallest absolute Gasteiger partial charge is 0.150 e. The lowest BCUT2D eigenvalue weighted by atomic mass is 9.89. The first-order chi connectivity index (χ1) is 15.2. The van der Waals surface area contributed by atoms with E-state index in [4.69, 9.17) is 11.2 Å². The number of methoxy groups -OCH3 is 1. The summed E-state index contributed by atoms with van der Waals surface area (Å²) >= 11 is 0. The summed E-state index contributed by atoms with van der Waals surface area (Å²) in [7, 11) is 1.67. The molecule has 0 radical (unpaired) electrons. The van der Waals surface area contributed by atoms with Gasteiger partial charge in [0.1, 0.15) is 23.1 Å². The number of nitrogens with zero attached hydrogens (tertiary/aromatic N) is 3. The fourth-order valence-corrected chi connectivity index (χ4v) is 3.91. The van der Waals surface area contributed by atoms with E-state index in [-0.39, 0.29) is 0 Å². The minimum absolute atomic E-state index is 0.503. The number of anilines is 3. The highest BCUT2D eigenvalue weighted by Gasteiger charge is 2.15. The summed E-state index contributed by atoms with van der Waals surface area (Å²) in [6.07, 6.45) is 17.0. The van der Waals surface area contributed by atoms with E-state index in [1.54, 1.807) is 19.5 Å². The van der Waals surface area contributed by atoms with Gasteiger partial charge >= 0.3 is 0 Å². The molecule has 3 aromatic rings. The van der Waals surface area contributed by atoms with Crippen molar-refractivity contribution in [3.63, 3.8) is 0 Å². The van der Waals surface area contributed by atoms with Crippen molar-refractivity contribution in [1.82, 2.24) is 15.0 Å². The van der Waals surface area contributed by atoms with Gasteiger partial charge in [-0.1, -0.05) is 31.4 Å². The fourth-order valence-electron chi connectivity index (χ4n) is 3.91. The molecule has 4 rings (SSSR count). The van der Waals surface area contributed by atoms with Crippen LogP contribution in [0.3, 0.4) is 0 Å². The van der Waals surface area contributed by atoms with E-state index in [1.165, 1.54) is 32.1 Å². The van der Waals surface area contributed by atoms with Crippen LogP contribution in [0.25, 0.3) is 11.1 Å². The van der Waals surface area contributed by atoms with Gasteiger partial charge in [-0.2, -0.15) is 0 Å². The van der Waals surface area contributed by atoms with Crippen molar-refractivity contribution in [3.05, 3.63) is 54.6 Å². The summed E-state index contributed by atoms with van der Waals surface area (Å²) in [5.74, 6) is 5.32. The Balaban J connectivity index is 1.58. The molecule has 6 heteroatoms. The molecule has 2 heterocycles. The van der Waals surface area contributed by atoms with Crippen molar-refractivity contribution in [2.45, 2.75) is 32.1 Å². The molecule has 0 saturated heterocycles. The maximum atomic E-state index is 5.36. The van der Waals surface area contributed by atoms with Gasteiger partial charge in [-0.15, -0.1) is 6.42 Å². The summed E-state index contributed by atoms with van der Waals surface area (Å²) in [4.78, 5) is 13.1. The van der Waals surface area contributed by atoms with Crippen molar-refractivity contribution < 1.29 is 4.74 Å². The molecular weight excluding hydrogens is 386 g/mol. The van der Waals surface area contributed by atoms with Crippen LogP contribution in [0.5, 0.6) is 5.75 Å². The normalized spacial score (nSPS) is 13.9. The van der Waals surface area contributed by atoms with E-state index in [0.717, 1.165) is 29.1 Å². The van der Waals surface area contributed by atoms with Gasteiger partial charge in [0.25, 0.3) is 0 Å². The SMILES string of the molecule is C#Cc1cnc(Nc2cc(NCC3CCCCC3)c(-c3ccc(OC)cc3)cn2)cn1. The van der Waals surface area contributed by atoms with Crippen molar-refractivity contribution in [2.24, 2.45) is 5.92 Å². The van der Waals surface area contributed by atoms with E-state index in [2.05, 4.69) is 43.6 Å². The fraction of sp³-hybridized carbons (Fsp3) is 0.320. The molecule has 0 atom stereocenters. The van der Waals surface area contributed by atoms with E-state index < -0.39 is 0 Å². The van der Waals surface area contributed by atoms with Crippen LogP contribution in [-0.4, -0.2) is 28.6 Å². The lowest BCUT2D eigenvalue weighted by Crippen LogP contribution is -2.17. The van der Waals surface area contributed by atoms with E-state index in [0.29, 0.717) is 23.2 Å².